The standard InChI is InChI=1S/C15H20N4O2/c1-4-9-17-14(20)10-18-15(16)19-12-5-7-13(8-6-12)21-11(2)3/h1,5-8,11H,9-10H2,2-3H3,(H,17,20)(H3,16,18,19). The number of rotatable bonds is 6. The minimum atomic E-state index is -0.279. The largest absolute Gasteiger partial charge is 0.491 e. The fourth-order valence-electron chi connectivity index (χ4n) is 1.44. The molecule has 0 radical (unpaired) electrons. The molecular formula is C15H20N4O2. The number of carbonyl (C=O) groups is 1. The summed E-state index contributed by atoms with van der Waals surface area (Å²) >= 11 is 0. The SMILES string of the molecule is C#CCNC(=O)CN=C(N)Nc1ccc(OC(C)C)cc1. The van der Waals surface area contributed by atoms with Crippen molar-refractivity contribution in [3.8, 4) is 18.1 Å². The highest BCUT2D eigenvalue weighted by atomic mass is 16.5. The third kappa shape index (κ3) is 6.87. The molecule has 6 heteroatoms. The van der Waals surface area contributed by atoms with Crippen molar-refractivity contribution in [3.63, 3.8) is 0 Å². The van der Waals surface area contributed by atoms with E-state index in [4.69, 9.17) is 16.9 Å². The van der Waals surface area contributed by atoms with Crippen LogP contribution in [0.15, 0.2) is 29.3 Å². The highest BCUT2D eigenvalue weighted by molar-refractivity contribution is 5.93. The van der Waals surface area contributed by atoms with Crippen LogP contribution in [-0.4, -0.2) is 31.1 Å². The average molecular weight is 288 g/mol. The number of aliphatic imine (C=N–C) groups is 1. The van der Waals surface area contributed by atoms with Crippen molar-refractivity contribution in [2.24, 2.45) is 10.7 Å². The second kappa shape index (κ2) is 8.48. The van der Waals surface area contributed by atoms with Gasteiger partial charge in [0.15, 0.2) is 5.96 Å². The monoisotopic (exact) mass is 288 g/mol. The van der Waals surface area contributed by atoms with Crippen LogP contribution in [0.25, 0.3) is 0 Å². The molecule has 0 heterocycles. The van der Waals surface area contributed by atoms with E-state index < -0.39 is 0 Å². The van der Waals surface area contributed by atoms with Crippen LogP contribution in [0.1, 0.15) is 13.8 Å². The number of nitrogens with one attached hydrogen (secondary N) is 2. The smallest absolute Gasteiger partial charge is 0.242 e. The van der Waals surface area contributed by atoms with Gasteiger partial charge in [0.1, 0.15) is 12.3 Å². The second-order valence-electron chi connectivity index (χ2n) is 4.50. The minimum Gasteiger partial charge on any atom is -0.491 e. The van der Waals surface area contributed by atoms with Gasteiger partial charge < -0.3 is 21.1 Å². The fraction of sp³-hybridized carbons (Fsp3) is 0.333. The van der Waals surface area contributed by atoms with E-state index in [0.717, 1.165) is 11.4 Å². The molecule has 1 rings (SSSR count). The van der Waals surface area contributed by atoms with Gasteiger partial charge in [0, 0.05) is 5.69 Å². The summed E-state index contributed by atoms with van der Waals surface area (Å²) in [7, 11) is 0. The number of hydrogen-bond donors (Lipinski definition) is 3. The molecule has 4 N–H and O–H groups in total. The first-order chi connectivity index (χ1) is 10.0. The number of terminal acetylenes is 1. The molecule has 0 aliphatic carbocycles. The maximum Gasteiger partial charge on any atom is 0.242 e. The van der Waals surface area contributed by atoms with Crippen molar-refractivity contribution in [2.75, 3.05) is 18.4 Å². The van der Waals surface area contributed by atoms with Crippen LogP contribution < -0.4 is 21.1 Å². The molecule has 0 spiro atoms. The van der Waals surface area contributed by atoms with E-state index in [-0.39, 0.29) is 31.1 Å². The van der Waals surface area contributed by atoms with Crippen molar-refractivity contribution >= 4 is 17.6 Å². The topological polar surface area (TPSA) is 88.7 Å². The first-order valence-electron chi connectivity index (χ1n) is 6.55. The van der Waals surface area contributed by atoms with Gasteiger partial charge in [0.05, 0.1) is 12.6 Å². The van der Waals surface area contributed by atoms with Crippen LogP contribution in [0.2, 0.25) is 0 Å². The van der Waals surface area contributed by atoms with Crippen LogP contribution in [0, 0.1) is 12.3 Å². The van der Waals surface area contributed by atoms with Gasteiger partial charge in [-0.1, -0.05) is 5.92 Å². The predicted octanol–water partition coefficient (Wildman–Crippen LogP) is 0.950. The first-order valence-corrected chi connectivity index (χ1v) is 6.55. The fourth-order valence-corrected chi connectivity index (χ4v) is 1.44. The van der Waals surface area contributed by atoms with E-state index in [1.165, 1.54) is 0 Å². The first kappa shape index (κ1) is 16.4. The summed E-state index contributed by atoms with van der Waals surface area (Å²) in [6, 6.07) is 7.29. The summed E-state index contributed by atoms with van der Waals surface area (Å²) in [6.07, 6.45) is 5.15. The molecule has 21 heavy (non-hydrogen) atoms. The van der Waals surface area contributed by atoms with Gasteiger partial charge in [0.25, 0.3) is 0 Å². The Labute approximate surface area is 124 Å². The molecule has 1 aromatic carbocycles. The van der Waals surface area contributed by atoms with Crippen molar-refractivity contribution in [1.29, 1.82) is 0 Å². The Balaban J connectivity index is 2.48. The Kier molecular flexibility index (Phi) is 6.61. The van der Waals surface area contributed by atoms with Gasteiger partial charge in [-0.15, -0.1) is 6.42 Å². The van der Waals surface area contributed by atoms with Crippen molar-refractivity contribution in [2.45, 2.75) is 20.0 Å². The zero-order chi connectivity index (χ0) is 15.7. The van der Waals surface area contributed by atoms with Gasteiger partial charge >= 0.3 is 0 Å². The lowest BCUT2D eigenvalue weighted by Gasteiger charge is -2.10. The number of anilines is 1. The van der Waals surface area contributed by atoms with Gasteiger partial charge in [-0.25, -0.2) is 4.99 Å². The number of amides is 1. The Morgan fingerprint density at radius 2 is 2.10 bits per heavy atom. The predicted molar refractivity (Wildman–Crippen MR) is 84.2 cm³/mol. The molecule has 1 aromatic rings. The Morgan fingerprint density at radius 3 is 2.67 bits per heavy atom. The highest BCUT2D eigenvalue weighted by Gasteiger charge is 2.01. The molecule has 112 valence electrons. The summed E-state index contributed by atoms with van der Waals surface area (Å²) in [5.41, 5.74) is 6.45. The Hall–Kier alpha value is -2.68. The number of benzene rings is 1. The highest BCUT2D eigenvalue weighted by Crippen LogP contribution is 2.16. The summed E-state index contributed by atoms with van der Waals surface area (Å²) in [4.78, 5) is 15.2. The van der Waals surface area contributed by atoms with Gasteiger partial charge in [0.2, 0.25) is 5.91 Å². The molecule has 0 aromatic heterocycles. The van der Waals surface area contributed by atoms with Crippen molar-refractivity contribution in [3.05, 3.63) is 24.3 Å². The lowest BCUT2D eigenvalue weighted by Crippen LogP contribution is -2.29. The van der Waals surface area contributed by atoms with Gasteiger partial charge in [-0.2, -0.15) is 0 Å². The average Bonchev–Trinajstić information content (AvgIpc) is 2.44. The normalized spacial score (nSPS) is 10.9. The zero-order valence-corrected chi connectivity index (χ0v) is 12.2. The van der Waals surface area contributed by atoms with Crippen LogP contribution >= 0.6 is 0 Å². The van der Waals surface area contributed by atoms with E-state index >= 15 is 0 Å². The second-order valence-corrected chi connectivity index (χ2v) is 4.50. The summed E-state index contributed by atoms with van der Waals surface area (Å²) < 4.78 is 5.53. The summed E-state index contributed by atoms with van der Waals surface area (Å²) in [5.74, 6) is 2.96. The number of ether oxygens (including phenoxy) is 1. The quantitative estimate of drug-likeness (QED) is 0.413. The minimum absolute atomic E-state index is 0.0743. The molecule has 0 aliphatic rings. The lowest BCUT2D eigenvalue weighted by atomic mass is 10.3. The van der Waals surface area contributed by atoms with Crippen LogP contribution in [0.4, 0.5) is 5.69 Å². The van der Waals surface area contributed by atoms with E-state index in [0.29, 0.717) is 0 Å². The van der Waals surface area contributed by atoms with Crippen LogP contribution in [-0.2, 0) is 4.79 Å². The third-order valence-electron chi connectivity index (χ3n) is 2.28. The molecule has 0 saturated carbocycles. The molecule has 0 unspecified atom stereocenters. The van der Waals surface area contributed by atoms with E-state index in [1.54, 1.807) is 0 Å². The van der Waals surface area contributed by atoms with Gasteiger partial charge in [-0.3, -0.25) is 4.79 Å². The van der Waals surface area contributed by atoms with Gasteiger partial charge in [-0.05, 0) is 38.1 Å². The molecule has 0 bridgehead atoms. The lowest BCUT2D eigenvalue weighted by molar-refractivity contribution is -0.119. The van der Waals surface area contributed by atoms with Crippen molar-refractivity contribution in [1.82, 2.24) is 5.32 Å². The maximum atomic E-state index is 11.3. The molecule has 0 atom stereocenters. The molecular weight excluding hydrogens is 268 g/mol. The molecule has 0 aliphatic heterocycles. The number of guanidine groups is 1. The van der Waals surface area contributed by atoms with Crippen LogP contribution in [0.3, 0.4) is 0 Å². The summed E-state index contributed by atoms with van der Waals surface area (Å²) in [6.45, 7) is 4.03. The molecule has 1 amide bonds. The zero-order valence-electron chi connectivity index (χ0n) is 12.2. The Bertz CT molecular complexity index is 530. The Morgan fingerprint density at radius 1 is 1.43 bits per heavy atom. The maximum absolute atomic E-state index is 11.3. The van der Waals surface area contributed by atoms with Crippen molar-refractivity contribution < 1.29 is 9.53 Å². The van der Waals surface area contributed by atoms with E-state index in [9.17, 15) is 4.79 Å². The number of nitrogens with two attached hydrogens (primary N) is 1. The van der Waals surface area contributed by atoms with E-state index in [2.05, 4.69) is 21.5 Å². The number of nitrogens with zero attached hydrogens (tertiary/aromatic N) is 1. The summed E-state index contributed by atoms with van der Waals surface area (Å²) in [5, 5.41) is 5.38. The third-order valence-corrected chi connectivity index (χ3v) is 2.28. The number of carbonyl (C=O) groups excluding carboxylic acids is 1. The molecule has 0 fully saturated rings. The molecule has 0 saturated heterocycles. The number of hydrogen-bond acceptors (Lipinski definition) is 3. The molecule has 6 nitrogen and oxygen atoms in total. The van der Waals surface area contributed by atoms with Crippen LogP contribution in [0.5, 0.6) is 5.75 Å². The van der Waals surface area contributed by atoms with E-state index in [1.807, 2.05) is 38.1 Å².